The summed E-state index contributed by atoms with van der Waals surface area (Å²) in [5.74, 6) is 0. The summed E-state index contributed by atoms with van der Waals surface area (Å²) in [7, 11) is -1.67. The average molecular weight is 160 g/mol. The van der Waals surface area contributed by atoms with Crippen LogP contribution in [0.15, 0.2) is 30.3 Å². The Kier molecular flexibility index (Phi) is 2.21. The molecule has 0 N–H and O–H groups in total. The molecule has 1 atom stereocenters. The van der Waals surface area contributed by atoms with Crippen LogP contribution in [0, 0.1) is 0 Å². The Hall–Kier alpha value is -0.390. The molecule has 0 bridgehead atoms. The number of benzene rings is 1. The van der Waals surface area contributed by atoms with E-state index in [2.05, 4.69) is 0 Å². The number of halogens is 1. The van der Waals surface area contributed by atoms with Gasteiger partial charge in [0.15, 0.2) is 0 Å². The molecule has 1 unspecified atom stereocenters. The average Bonchev–Trinajstić information content (AvgIpc) is 1.90. The molecule has 0 saturated carbocycles. The van der Waals surface area contributed by atoms with Crippen molar-refractivity contribution in [3.8, 4) is 0 Å². The van der Waals surface area contributed by atoms with Gasteiger partial charge < -0.3 is 0 Å². The number of hydrogen-bond donors (Lipinski definition) is 0. The van der Waals surface area contributed by atoms with E-state index in [9.17, 15) is 4.57 Å². The van der Waals surface area contributed by atoms with Gasteiger partial charge in [-0.15, -0.1) is 0 Å². The fourth-order valence-corrected chi connectivity index (χ4v) is 1.29. The largest absolute Gasteiger partial charge is 0.494 e. The summed E-state index contributed by atoms with van der Waals surface area (Å²) < 4.78 is 10.6. The first kappa shape index (κ1) is 6.73. The molecule has 1 rings (SSSR count). The molecule has 0 aliphatic rings. The van der Waals surface area contributed by atoms with E-state index in [1.54, 1.807) is 12.1 Å². The van der Waals surface area contributed by atoms with E-state index in [1.807, 2.05) is 18.2 Å². The van der Waals surface area contributed by atoms with E-state index in [0.717, 1.165) is 0 Å². The zero-order chi connectivity index (χ0) is 6.69. The van der Waals surface area contributed by atoms with E-state index in [1.165, 1.54) is 0 Å². The van der Waals surface area contributed by atoms with Crippen LogP contribution in [0.3, 0.4) is 0 Å². The molecule has 0 aromatic heterocycles. The lowest BCUT2D eigenvalue weighted by Crippen LogP contribution is -1.88. The molecule has 0 spiro atoms. The van der Waals surface area contributed by atoms with Crippen molar-refractivity contribution in [1.82, 2.24) is 0 Å². The maximum atomic E-state index is 10.6. The highest BCUT2D eigenvalue weighted by Gasteiger charge is 2.13. The fraction of sp³-hybridized carbons (Fsp3) is 0. The van der Waals surface area contributed by atoms with E-state index in [0.29, 0.717) is 5.30 Å². The van der Waals surface area contributed by atoms with Gasteiger partial charge in [-0.05, 0) is 16.7 Å². The van der Waals surface area contributed by atoms with Crippen LogP contribution in [0.2, 0.25) is 0 Å². The third-order valence-electron chi connectivity index (χ3n) is 0.959. The topological polar surface area (TPSA) is 17.1 Å². The van der Waals surface area contributed by atoms with Crippen molar-refractivity contribution < 1.29 is 4.57 Å². The van der Waals surface area contributed by atoms with Gasteiger partial charge in [-0.3, -0.25) is 0 Å². The quantitative estimate of drug-likeness (QED) is 0.575. The van der Waals surface area contributed by atoms with Crippen LogP contribution in [0.5, 0.6) is 0 Å². The van der Waals surface area contributed by atoms with Crippen LogP contribution in [0.25, 0.3) is 0 Å². The minimum absolute atomic E-state index is 0.689. The molecular weight excluding hydrogens is 154 g/mol. The lowest BCUT2D eigenvalue weighted by Gasteiger charge is -1.76. The highest BCUT2D eigenvalue weighted by Crippen LogP contribution is 2.24. The summed E-state index contributed by atoms with van der Waals surface area (Å²) in [6, 6.07) is 8.96. The van der Waals surface area contributed by atoms with Crippen molar-refractivity contribution in [3.63, 3.8) is 0 Å². The van der Waals surface area contributed by atoms with Crippen molar-refractivity contribution in [2.45, 2.75) is 0 Å². The van der Waals surface area contributed by atoms with Crippen molar-refractivity contribution in [2.75, 3.05) is 0 Å². The molecule has 0 heterocycles. The third kappa shape index (κ3) is 1.78. The highest BCUT2D eigenvalue weighted by atomic mass is 35.7. The van der Waals surface area contributed by atoms with Gasteiger partial charge in [-0.2, -0.15) is 0 Å². The molecule has 9 heavy (non-hydrogen) atoms. The first-order chi connectivity index (χ1) is 4.30. The minimum Gasteiger partial charge on any atom is -0.0619 e. The smallest absolute Gasteiger partial charge is 0.0619 e. The summed E-state index contributed by atoms with van der Waals surface area (Å²) in [5.41, 5.74) is 0. The van der Waals surface area contributed by atoms with E-state index >= 15 is 0 Å². The van der Waals surface area contributed by atoms with Gasteiger partial charge in [0, 0.05) is 0 Å². The second-order valence-corrected chi connectivity index (χ2v) is 3.51. The molecule has 0 aliphatic carbocycles. The van der Waals surface area contributed by atoms with Crippen molar-refractivity contribution >= 4 is 23.7 Å². The molecule has 0 aliphatic heterocycles. The Bertz CT molecular complexity index is 210. The minimum atomic E-state index is -1.67. The second-order valence-electron chi connectivity index (χ2n) is 1.58. The lowest BCUT2D eigenvalue weighted by atomic mass is 10.4. The van der Waals surface area contributed by atoms with Gasteiger partial charge >= 0.3 is 7.15 Å². The molecule has 3 heteroatoms. The Morgan fingerprint density at radius 1 is 1.22 bits per heavy atom. The Morgan fingerprint density at radius 3 is 2.11 bits per heavy atom. The van der Waals surface area contributed by atoms with E-state index < -0.39 is 7.15 Å². The number of rotatable bonds is 1. The molecule has 0 radical (unpaired) electrons. The summed E-state index contributed by atoms with van der Waals surface area (Å²) in [5, 5.41) is 0.689. The second kappa shape index (κ2) is 2.95. The van der Waals surface area contributed by atoms with Crippen LogP contribution in [0.1, 0.15) is 0 Å². The summed E-state index contributed by atoms with van der Waals surface area (Å²) in [4.78, 5) is 0. The van der Waals surface area contributed by atoms with Crippen molar-refractivity contribution in [1.29, 1.82) is 0 Å². The van der Waals surface area contributed by atoms with Gasteiger partial charge in [-0.1, -0.05) is 18.2 Å². The van der Waals surface area contributed by atoms with Crippen molar-refractivity contribution in [3.05, 3.63) is 30.3 Å². The highest BCUT2D eigenvalue weighted by molar-refractivity contribution is 7.80. The van der Waals surface area contributed by atoms with E-state index in [4.69, 9.17) is 11.2 Å². The standard InChI is InChI=1S/C6H5ClOP/c7-9(8)6-4-2-1-3-5-6/h1-5H/q+1. The van der Waals surface area contributed by atoms with Gasteiger partial charge in [0.25, 0.3) is 0 Å². The zero-order valence-electron chi connectivity index (χ0n) is 4.62. The SMILES string of the molecule is O=[P+](Cl)c1ccccc1. The number of hydrogen-bond acceptors (Lipinski definition) is 1. The van der Waals surface area contributed by atoms with Gasteiger partial charge in [0.2, 0.25) is 16.5 Å². The predicted molar refractivity (Wildman–Crippen MR) is 39.5 cm³/mol. The normalized spacial score (nSPS) is 11.0. The molecule has 0 amide bonds. The first-order valence-corrected chi connectivity index (χ1v) is 4.65. The fourth-order valence-electron chi connectivity index (χ4n) is 0.545. The van der Waals surface area contributed by atoms with Crippen LogP contribution in [0.4, 0.5) is 0 Å². The molecule has 1 aromatic carbocycles. The molecular formula is C6H5ClOP+. The summed E-state index contributed by atoms with van der Waals surface area (Å²) in [6.07, 6.45) is 0. The molecule has 1 aromatic rings. The molecule has 46 valence electrons. The Balaban J connectivity index is 2.98. The maximum absolute atomic E-state index is 10.6. The van der Waals surface area contributed by atoms with Gasteiger partial charge in [-0.25, -0.2) is 0 Å². The van der Waals surface area contributed by atoms with Crippen LogP contribution >= 0.6 is 18.4 Å². The molecule has 1 nitrogen and oxygen atoms in total. The summed E-state index contributed by atoms with van der Waals surface area (Å²) >= 11 is 5.31. The Morgan fingerprint density at radius 2 is 1.78 bits per heavy atom. The van der Waals surface area contributed by atoms with Gasteiger partial charge in [0.05, 0.1) is 0 Å². The lowest BCUT2D eigenvalue weighted by molar-refractivity contribution is 0.600. The maximum Gasteiger partial charge on any atom is 0.494 e. The first-order valence-electron chi connectivity index (χ1n) is 2.49. The third-order valence-corrected chi connectivity index (χ3v) is 2.25. The summed E-state index contributed by atoms with van der Waals surface area (Å²) in [6.45, 7) is 0. The van der Waals surface area contributed by atoms with Gasteiger partial charge in [0.1, 0.15) is 0 Å². The van der Waals surface area contributed by atoms with E-state index in [-0.39, 0.29) is 0 Å². The monoisotopic (exact) mass is 159 g/mol. The van der Waals surface area contributed by atoms with Crippen LogP contribution in [-0.2, 0) is 4.57 Å². The van der Waals surface area contributed by atoms with Crippen molar-refractivity contribution in [2.24, 2.45) is 0 Å². The molecule has 0 saturated heterocycles. The molecule has 0 fully saturated rings. The predicted octanol–water partition coefficient (Wildman–Crippen LogP) is 2.29. The Labute approximate surface area is 59.2 Å². The zero-order valence-corrected chi connectivity index (χ0v) is 6.27. The van der Waals surface area contributed by atoms with Crippen LogP contribution < -0.4 is 5.30 Å². The van der Waals surface area contributed by atoms with Crippen LogP contribution in [-0.4, -0.2) is 0 Å².